The van der Waals surface area contributed by atoms with Gasteiger partial charge in [-0.1, -0.05) is 12.1 Å². The number of hydrogen-bond donors (Lipinski definition) is 2. The molecule has 1 aromatic carbocycles. The molecule has 0 atom stereocenters. The highest BCUT2D eigenvalue weighted by atomic mass is 32.2. The van der Waals surface area contributed by atoms with Gasteiger partial charge in [-0.2, -0.15) is 10.4 Å². The Balaban J connectivity index is 2.23. The zero-order chi connectivity index (χ0) is 13.0. The summed E-state index contributed by atoms with van der Waals surface area (Å²) in [6.45, 7) is 0.124. The molecule has 2 N–H and O–H groups in total. The van der Waals surface area contributed by atoms with E-state index in [4.69, 9.17) is 5.26 Å². The van der Waals surface area contributed by atoms with E-state index in [9.17, 15) is 8.42 Å². The zero-order valence-corrected chi connectivity index (χ0v) is 10.1. The molecule has 1 aromatic heterocycles. The summed E-state index contributed by atoms with van der Waals surface area (Å²) in [5, 5.41) is 15.2. The highest BCUT2D eigenvalue weighted by Crippen LogP contribution is 2.14. The summed E-state index contributed by atoms with van der Waals surface area (Å²) in [4.78, 5) is -0.0176. The van der Waals surface area contributed by atoms with Crippen molar-refractivity contribution >= 4 is 10.0 Å². The quantitative estimate of drug-likeness (QED) is 0.849. The van der Waals surface area contributed by atoms with E-state index in [1.165, 1.54) is 18.3 Å². The SMILES string of the molecule is N#Cc1ccccc1S(=O)(=O)NCc1cn[nH]c1. The number of benzene rings is 1. The second-order valence-electron chi connectivity index (χ2n) is 3.54. The Morgan fingerprint density at radius 2 is 2.17 bits per heavy atom. The van der Waals surface area contributed by atoms with Crippen LogP contribution < -0.4 is 4.72 Å². The van der Waals surface area contributed by atoms with Gasteiger partial charge in [0.1, 0.15) is 6.07 Å². The number of rotatable bonds is 4. The predicted molar refractivity (Wildman–Crippen MR) is 63.8 cm³/mol. The van der Waals surface area contributed by atoms with Crippen molar-refractivity contribution in [1.29, 1.82) is 5.26 Å². The van der Waals surface area contributed by atoms with Gasteiger partial charge in [-0.3, -0.25) is 5.10 Å². The Morgan fingerprint density at radius 3 is 2.83 bits per heavy atom. The van der Waals surface area contributed by atoms with Crippen LogP contribution in [0.1, 0.15) is 11.1 Å². The zero-order valence-electron chi connectivity index (χ0n) is 9.29. The van der Waals surface area contributed by atoms with Crippen LogP contribution in [0, 0.1) is 11.3 Å². The second kappa shape index (κ2) is 5.00. The first-order valence-electron chi connectivity index (χ1n) is 5.10. The minimum Gasteiger partial charge on any atom is -0.285 e. The molecule has 0 spiro atoms. The molecule has 0 bridgehead atoms. The minimum absolute atomic E-state index is 0.0176. The molecule has 0 saturated heterocycles. The lowest BCUT2D eigenvalue weighted by Crippen LogP contribution is -2.23. The molecule has 2 aromatic rings. The molecule has 0 amide bonds. The van der Waals surface area contributed by atoms with Gasteiger partial charge in [0.25, 0.3) is 0 Å². The first-order valence-corrected chi connectivity index (χ1v) is 6.58. The fourth-order valence-electron chi connectivity index (χ4n) is 1.42. The maximum Gasteiger partial charge on any atom is 0.242 e. The van der Waals surface area contributed by atoms with Crippen LogP contribution in [0.15, 0.2) is 41.6 Å². The van der Waals surface area contributed by atoms with Crippen LogP contribution in [0.4, 0.5) is 0 Å². The molecule has 0 aliphatic heterocycles. The van der Waals surface area contributed by atoms with Gasteiger partial charge in [0.15, 0.2) is 0 Å². The highest BCUT2D eigenvalue weighted by molar-refractivity contribution is 7.89. The smallest absolute Gasteiger partial charge is 0.242 e. The molecule has 2 rings (SSSR count). The van der Waals surface area contributed by atoms with Crippen LogP contribution in [0.25, 0.3) is 0 Å². The molecular weight excluding hydrogens is 252 g/mol. The summed E-state index contributed by atoms with van der Waals surface area (Å²) in [6, 6.07) is 7.92. The van der Waals surface area contributed by atoms with Crippen LogP contribution >= 0.6 is 0 Å². The number of aromatic amines is 1. The summed E-state index contributed by atoms with van der Waals surface area (Å²) in [5.74, 6) is 0. The van der Waals surface area contributed by atoms with Crippen LogP contribution in [0.3, 0.4) is 0 Å². The van der Waals surface area contributed by atoms with Crippen LogP contribution in [-0.2, 0) is 16.6 Å². The normalized spacial score (nSPS) is 11.1. The topological polar surface area (TPSA) is 98.6 Å². The largest absolute Gasteiger partial charge is 0.285 e. The Hall–Kier alpha value is -2.17. The molecule has 6 nitrogen and oxygen atoms in total. The van der Waals surface area contributed by atoms with E-state index in [2.05, 4.69) is 14.9 Å². The monoisotopic (exact) mass is 262 g/mol. The molecule has 0 radical (unpaired) electrons. The van der Waals surface area contributed by atoms with E-state index in [1.54, 1.807) is 18.3 Å². The third-order valence-corrected chi connectivity index (χ3v) is 3.78. The van der Waals surface area contributed by atoms with Gasteiger partial charge < -0.3 is 0 Å². The Labute approximate surface area is 104 Å². The van der Waals surface area contributed by atoms with Crippen molar-refractivity contribution in [2.75, 3.05) is 0 Å². The lowest BCUT2D eigenvalue weighted by Gasteiger charge is -2.06. The van der Waals surface area contributed by atoms with Crippen molar-refractivity contribution in [1.82, 2.24) is 14.9 Å². The van der Waals surface area contributed by atoms with E-state index >= 15 is 0 Å². The summed E-state index contributed by atoms with van der Waals surface area (Å²) >= 11 is 0. The van der Waals surface area contributed by atoms with Crippen molar-refractivity contribution < 1.29 is 8.42 Å². The van der Waals surface area contributed by atoms with Crippen molar-refractivity contribution in [3.8, 4) is 6.07 Å². The Morgan fingerprint density at radius 1 is 1.39 bits per heavy atom. The van der Waals surface area contributed by atoms with Gasteiger partial charge in [-0.05, 0) is 12.1 Å². The number of hydrogen-bond acceptors (Lipinski definition) is 4. The minimum atomic E-state index is -3.69. The number of nitriles is 1. The van der Waals surface area contributed by atoms with Crippen molar-refractivity contribution in [2.45, 2.75) is 11.4 Å². The van der Waals surface area contributed by atoms with Gasteiger partial charge in [0.05, 0.1) is 16.7 Å². The molecule has 0 fully saturated rings. The van der Waals surface area contributed by atoms with E-state index < -0.39 is 10.0 Å². The lowest BCUT2D eigenvalue weighted by molar-refractivity contribution is 0.581. The molecule has 18 heavy (non-hydrogen) atoms. The van der Waals surface area contributed by atoms with Crippen LogP contribution in [0.2, 0.25) is 0 Å². The van der Waals surface area contributed by atoms with Crippen molar-refractivity contribution in [3.05, 3.63) is 47.8 Å². The average molecular weight is 262 g/mol. The standard InChI is InChI=1S/C11H10N4O2S/c12-5-10-3-1-2-4-11(10)18(16,17)15-8-9-6-13-14-7-9/h1-4,6-7,15H,8H2,(H,13,14). The molecule has 7 heteroatoms. The predicted octanol–water partition coefficient (Wildman–Crippen LogP) is 0.760. The molecule has 0 aliphatic carbocycles. The molecular formula is C11H10N4O2S. The number of aromatic nitrogens is 2. The van der Waals surface area contributed by atoms with Gasteiger partial charge in [0.2, 0.25) is 10.0 Å². The fourth-order valence-corrected chi connectivity index (χ4v) is 2.60. The first-order chi connectivity index (χ1) is 8.63. The average Bonchev–Trinajstić information content (AvgIpc) is 2.89. The number of H-pyrrole nitrogens is 1. The molecule has 0 aliphatic rings. The van der Waals surface area contributed by atoms with Gasteiger partial charge in [-0.25, -0.2) is 13.1 Å². The lowest BCUT2D eigenvalue weighted by atomic mass is 10.2. The summed E-state index contributed by atoms with van der Waals surface area (Å²) < 4.78 is 26.4. The fraction of sp³-hybridized carbons (Fsp3) is 0.0909. The molecule has 92 valence electrons. The summed E-state index contributed by atoms with van der Waals surface area (Å²) in [5.41, 5.74) is 0.838. The number of sulfonamides is 1. The number of nitrogens with one attached hydrogen (secondary N) is 2. The summed E-state index contributed by atoms with van der Waals surface area (Å²) in [7, 11) is -3.69. The van der Waals surface area contributed by atoms with Crippen LogP contribution in [-0.4, -0.2) is 18.6 Å². The van der Waals surface area contributed by atoms with E-state index in [0.717, 1.165) is 0 Å². The van der Waals surface area contributed by atoms with Gasteiger partial charge in [0, 0.05) is 18.3 Å². The van der Waals surface area contributed by atoms with Crippen molar-refractivity contribution in [2.24, 2.45) is 0 Å². The highest BCUT2D eigenvalue weighted by Gasteiger charge is 2.17. The third kappa shape index (κ3) is 2.56. The molecule has 1 heterocycles. The summed E-state index contributed by atoms with van der Waals surface area (Å²) in [6.07, 6.45) is 3.12. The first kappa shape index (κ1) is 12.3. The van der Waals surface area contributed by atoms with E-state index in [-0.39, 0.29) is 17.0 Å². The molecule has 0 unspecified atom stereocenters. The Bertz CT molecular complexity index is 671. The maximum absolute atomic E-state index is 12.0. The van der Waals surface area contributed by atoms with Crippen LogP contribution in [0.5, 0.6) is 0 Å². The van der Waals surface area contributed by atoms with E-state index in [0.29, 0.717) is 5.56 Å². The van der Waals surface area contributed by atoms with Crippen molar-refractivity contribution in [3.63, 3.8) is 0 Å². The van der Waals surface area contributed by atoms with E-state index in [1.807, 2.05) is 6.07 Å². The maximum atomic E-state index is 12.0. The number of nitrogens with zero attached hydrogens (tertiary/aromatic N) is 2. The molecule has 0 saturated carbocycles. The third-order valence-electron chi connectivity index (χ3n) is 2.32. The van der Waals surface area contributed by atoms with Gasteiger partial charge >= 0.3 is 0 Å². The second-order valence-corrected chi connectivity index (χ2v) is 5.27. The Kier molecular flexibility index (Phi) is 3.41. The van der Waals surface area contributed by atoms with Gasteiger partial charge in [-0.15, -0.1) is 0 Å².